The normalized spacial score (nSPS) is 24.9. The number of likely N-dealkylation sites (tertiary alicyclic amines) is 1. The molecule has 16 heavy (non-hydrogen) atoms. The van der Waals surface area contributed by atoms with Crippen molar-refractivity contribution in [3.8, 4) is 12.1 Å². The molecule has 0 saturated carbocycles. The van der Waals surface area contributed by atoms with Crippen LogP contribution in [0.5, 0.6) is 0 Å². The molecular formula is C13H13N3. The molecule has 2 rings (SSSR count). The summed E-state index contributed by atoms with van der Waals surface area (Å²) in [6, 6.07) is 14.6. The Morgan fingerprint density at radius 1 is 1.06 bits per heavy atom. The molecule has 1 aliphatic heterocycles. The van der Waals surface area contributed by atoms with Crippen molar-refractivity contribution in [2.75, 3.05) is 13.1 Å². The van der Waals surface area contributed by atoms with Gasteiger partial charge in [-0.05, 0) is 5.56 Å². The number of benzene rings is 1. The van der Waals surface area contributed by atoms with E-state index in [0.29, 0.717) is 13.1 Å². The van der Waals surface area contributed by atoms with Gasteiger partial charge in [0.15, 0.2) is 0 Å². The third-order valence-corrected chi connectivity index (χ3v) is 2.98. The van der Waals surface area contributed by atoms with Crippen molar-refractivity contribution in [1.82, 2.24) is 4.90 Å². The Morgan fingerprint density at radius 3 is 2.12 bits per heavy atom. The SMILES string of the molecule is N#CC1CN(Cc2ccccc2)CC1C#N. The minimum Gasteiger partial charge on any atom is -0.296 e. The molecule has 0 amide bonds. The van der Waals surface area contributed by atoms with Gasteiger partial charge < -0.3 is 0 Å². The Morgan fingerprint density at radius 2 is 1.62 bits per heavy atom. The van der Waals surface area contributed by atoms with Crippen molar-refractivity contribution in [1.29, 1.82) is 10.5 Å². The number of hydrogen-bond acceptors (Lipinski definition) is 3. The molecule has 1 aromatic carbocycles. The van der Waals surface area contributed by atoms with Gasteiger partial charge in [0.1, 0.15) is 0 Å². The largest absolute Gasteiger partial charge is 0.296 e. The van der Waals surface area contributed by atoms with Gasteiger partial charge in [-0.3, -0.25) is 4.90 Å². The Labute approximate surface area is 95.5 Å². The molecule has 1 aliphatic rings. The first-order chi connectivity index (χ1) is 7.83. The number of rotatable bonds is 2. The van der Waals surface area contributed by atoms with E-state index in [1.54, 1.807) is 0 Å². The fourth-order valence-electron chi connectivity index (χ4n) is 2.12. The molecule has 1 heterocycles. The Balaban J connectivity index is 2.00. The summed E-state index contributed by atoms with van der Waals surface area (Å²) in [5.74, 6) is -0.262. The van der Waals surface area contributed by atoms with E-state index in [1.165, 1.54) is 5.56 Å². The lowest BCUT2D eigenvalue weighted by molar-refractivity contribution is 0.321. The van der Waals surface area contributed by atoms with Crippen LogP contribution in [0.2, 0.25) is 0 Å². The molecule has 3 heteroatoms. The maximum absolute atomic E-state index is 8.92. The average molecular weight is 211 g/mol. The molecule has 1 aromatic rings. The summed E-state index contributed by atoms with van der Waals surface area (Å²) in [5, 5.41) is 17.8. The van der Waals surface area contributed by atoms with Crippen LogP contribution in [0.4, 0.5) is 0 Å². The highest BCUT2D eigenvalue weighted by Gasteiger charge is 2.32. The molecule has 0 aliphatic carbocycles. The van der Waals surface area contributed by atoms with Crippen molar-refractivity contribution in [2.24, 2.45) is 11.8 Å². The van der Waals surface area contributed by atoms with Gasteiger partial charge >= 0.3 is 0 Å². The molecule has 2 atom stereocenters. The summed E-state index contributed by atoms with van der Waals surface area (Å²) in [6.45, 7) is 2.25. The molecule has 1 saturated heterocycles. The zero-order valence-corrected chi connectivity index (χ0v) is 9.00. The van der Waals surface area contributed by atoms with Gasteiger partial charge in [0.05, 0.1) is 24.0 Å². The molecule has 0 aromatic heterocycles. The molecule has 0 N–H and O–H groups in total. The van der Waals surface area contributed by atoms with Crippen LogP contribution < -0.4 is 0 Å². The standard InChI is InChI=1S/C13H13N3/c14-6-12-9-16(10-13(12)7-15)8-11-4-2-1-3-5-11/h1-5,12-13H,8-10H2. The van der Waals surface area contributed by atoms with Crippen LogP contribution in [0.25, 0.3) is 0 Å². The van der Waals surface area contributed by atoms with Crippen LogP contribution in [-0.4, -0.2) is 18.0 Å². The maximum atomic E-state index is 8.92. The lowest BCUT2D eigenvalue weighted by Crippen LogP contribution is -2.20. The van der Waals surface area contributed by atoms with E-state index in [0.717, 1.165) is 6.54 Å². The lowest BCUT2D eigenvalue weighted by atomic mass is 10.00. The summed E-state index contributed by atoms with van der Waals surface area (Å²) in [4.78, 5) is 2.18. The third-order valence-electron chi connectivity index (χ3n) is 2.98. The first kappa shape index (κ1) is 10.7. The third kappa shape index (κ3) is 2.21. The smallest absolute Gasteiger partial charge is 0.0761 e. The minimum atomic E-state index is -0.131. The van der Waals surface area contributed by atoms with E-state index in [4.69, 9.17) is 10.5 Å². The second kappa shape index (κ2) is 4.79. The van der Waals surface area contributed by atoms with Gasteiger partial charge in [-0.25, -0.2) is 0 Å². The quantitative estimate of drug-likeness (QED) is 0.749. The van der Waals surface area contributed by atoms with Gasteiger partial charge in [0.2, 0.25) is 0 Å². The van der Waals surface area contributed by atoms with Gasteiger partial charge in [0, 0.05) is 19.6 Å². The molecule has 80 valence electrons. The van der Waals surface area contributed by atoms with E-state index in [9.17, 15) is 0 Å². The minimum absolute atomic E-state index is 0.131. The van der Waals surface area contributed by atoms with Crippen molar-refractivity contribution in [3.05, 3.63) is 35.9 Å². The zero-order chi connectivity index (χ0) is 11.4. The monoisotopic (exact) mass is 211 g/mol. The van der Waals surface area contributed by atoms with Gasteiger partial charge in [-0.15, -0.1) is 0 Å². The first-order valence-electron chi connectivity index (χ1n) is 5.39. The summed E-state index contributed by atoms with van der Waals surface area (Å²) in [5.41, 5.74) is 1.23. The molecule has 1 fully saturated rings. The highest BCUT2D eigenvalue weighted by Crippen LogP contribution is 2.23. The lowest BCUT2D eigenvalue weighted by Gasteiger charge is -2.14. The van der Waals surface area contributed by atoms with Crippen LogP contribution in [0.1, 0.15) is 5.56 Å². The van der Waals surface area contributed by atoms with Crippen LogP contribution in [0.15, 0.2) is 30.3 Å². The second-order valence-corrected chi connectivity index (χ2v) is 4.15. The topological polar surface area (TPSA) is 50.8 Å². The van der Waals surface area contributed by atoms with Crippen LogP contribution in [0, 0.1) is 34.5 Å². The number of nitrogens with zero attached hydrogens (tertiary/aromatic N) is 3. The number of hydrogen-bond donors (Lipinski definition) is 0. The maximum Gasteiger partial charge on any atom is 0.0761 e. The Bertz CT molecular complexity index is 405. The van der Waals surface area contributed by atoms with Crippen molar-refractivity contribution in [2.45, 2.75) is 6.54 Å². The van der Waals surface area contributed by atoms with Crippen LogP contribution in [-0.2, 0) is 6.54 Å². The fourth-order valence-corrected chi connectivity index (χ4v) is 2.12. The molecule has 3 nitrogen and oxygen atoms in total. The first-order valence-corrected chi connectivity index (χ1v) is 5.39. The van der Waals surface area contributed by atoms with E-state index < -0.39 is 0 Å². The van der Waals surface area contributed by atoms with E-state index in [1.807, 2.05) is 18.2 Å². The van der Waals surface area contributed by atoms with Gasteiger partial charge in [-0.1, -0.05) is 30.3 Å². The number of nitriles is 2. The zero-order valence-electron chi connectivity index (χ0n) is 9.00. The van der Waals surface area contributed by atoms with Crippen molar-refractivity contribution in [3.63, 3.8) is 0 Å². The van der Waals surface area contributed by atoms with E-state index in [2.05, 4.69) is 29.2 Å². The summed E-state index contributed by atoms with van der Waals surface area (Å²) in [6.07, 6.45) is 0. The fraction of sp³-hybridized carbons (Fsp3) is 0.385. The summed E-state index contributed by atoms with van der Waals surface area (Å²) >= 11 is 0. The Kier molecular flexibility index (Phi) is 3.19. The highest BCUT2D eigenvalue weighted by atomic mass is 15.1. The molecule has 0 bridgehead atoms. The van der Waals surface area contributed by atoms with E-state index >= 15 is 0 Å². The molecule has 0 radical (unpaired) electrons. The van der Waals surface area contributed by atoms with Gasteiger partial charge in [-0.2, -0.15) is 10.5 Å². The predicted octanol–water partition coefficient (Wildman–Crippen LogP) is 1.78. The van der Waals surface area contributed by atoms with Crippen molar-refractivity contribution < 1.29 is 0 Å². The summed E-state index contributed by atoms with van der Waals surface area (Å²) < 4.78 is 0. The average Bonchev–Trinajstić information content (AvgIpc) is 2.72. The van der Waals surface area contributed by atoms with E-state index in [-0.39, 0.29) is 11.8 Å². The van der Waals surface area contributed by atoms with Gasteiger partial charge in [0.25, 0.3) is 0 Å². The van der Waals surface area contributed by atoms with Crippen LogP contribution >= 0.6 is 0 Å². The predicted molar refractivity (Wildman–Crippen MR) is 59.9 cm³/mol. The van der Waals surface area contributed by atoms with Crippen molar-refractivity contribution >= 4 is 0 Å². The van der Waals surface area contributed by atoms with Crippen LogP contribution in [0.3, 0.4) is 0 Å². The molecule has 2 unspecified atom stereocenters. The molecule has 0 spiro atoms. The summed E-state index contributed by atoms with van der Waals surface area (Å²) in [7, 11) is 0. The highest BCUT2D eigenvalue weighted by molar-refractivity contribution is 5.15. The second-order valence-electron chi connectivity index (χ2n) is 4.15. The Hall–Kier alpha value is -1.84. The molecular weight excluding hydrogens is 198 g/mol.